The molecule has 0 bridgehead atoms. The first-order chi connectivity index (χ1) is 7.11. The van der Waals surface area contributed by atoms with Gasteiger partial charge < -0.3 is 10.8 Å². The molecule has 0 radical (unpaired) electrons. The van der Waals surface area contributed by atoms with Crippen LogP contribution in [0.1, 0.15) is 23.6 Å². The predicted octanol–water partition coefficient (Wildman–Crippen LogP) is 1.72. The molecule has 3 heteroatoms. The first-order valence-electron chi connectivity index (χ1n) is 5.15. The highest BCUT2D eigenvalue weighted by Gasteiger charge is 2.47. The molecule has 1 aromatic rings. The summed E-state index contributed by atoms with van der Waals surface area (Å²) in [5, 5.41) is 8.83. The third kappa shape index (κ3) is 1.88. The Kier molecular flexibility index (Phi) is 2.49. The van der Waals surface area contributed by atoms with E-state index in [1.54, 1.807) is 0 Å². The minimum atomic E-state index is -0.718. The van der Waals surface area contributed by atoms with Gasteiger partial charge in [0.05, 0.1) is 5.92 Å². The number of carbonyl (C=O) groups is 1. The molecule has 1 aliphatic carbocycles. The normalized spacial score (nSPS) is 26.0. The van der Waals surface area contributed by atoms with E-state index >= 15 is 0 Å². The van der Waals surface area contributed by atoms with Crippen molar-refractivity contribution in [1.29, 1.82) is 0 Å². The van der Waals surface area contributed by atoms with Gasteiger partial charge in [0.1, 0.15) is 0 Å². The van der Waals surface area contributed by atoms with Gasteiger partial charge in [-0.3, -0.25) is 4.79 Å². The fourth-order valence-electron chi connectivity index (χ4n) is 2.09. The smallest absolute Gasteiger partial charge is 0.306 e. The van der Waals surface area contributed by atoms with Crippen molar-refractivity contribution in [2.75, 3.05) is 0 Å². The number of aliphatic carboxylic acids is 1. The Balaban J connectivity index is 2.13. The summed E-state index contributed by atoms with van der Waals surface area (Å²) in [4.78, 5) is 10.7. The highest BCUT2D eigenvalue weighted by Crippen LogP contribution is 2.46. The molecular formula is C12H15NO2. The Hall–Kier alpha value is -1.35. The lowest BCUT2D eigenvalue weighted by atomic mass is 9.97. The van der Waals surface area contributed by atoms with Crippen molar-refractivity contribution < 1.29 is 9.90 Å². The Morgan fingerprint density at radius 1 is 1.53 bits per heavy atom. The molecule has 3 atom stereocenters. The summed E-state index contributed by atoms with van der Waals surface area (Å²) >= 11 is 0. The first-order valence-corrected chi connectivity index (χ1v) is 5.15. The molecule has 3 N–H and O–H groups in total. The average molecular weight is 205 g/mol. The van der Waals surface area contributed by atoms with Gasteiger partial charge in [0, 0.05) is 6.04 Å². The molecule has 2 rings (SSSR count). The molecule has 0 saturated heterocycles. The SMILES string of the molecule is Cc1ccccc1C(N)C1CC1C(=O)O. The van der Waals surface area contributed by atoms with Gasteiger partial charge in [-0.15, -0.1) is 0 Å². The van der Waals surface area contributed by atoms with E-state index in [9.17, 15) is 4.79 Å². The van der Waals surface area contributed by atoms with Crippen molar-refractivity contribution in [1.82, 2.24) is 0 Å². The topological polar surface area (TPSA) is 63.3 Å². The zero-order valence-corrected chi connectivity index (χ0v) is 8.68. The number of carboxylic acids is 1. The van der Waals surface area contributed by atoms with E-state index in [0.717, 1.165) is 11.1 Å². The summed E-state index contributed by atoms with van der Waals surface area (Å²) in [6.07, 6.45) is 0.713. The summed E-state index contributed by atoms with van der Waals surface area (Å²) in [6.45, 7) is 2.01. The zero-order chi connectivity index (χ0) is 11.0. The van der Waals surface area contributed by atoms with E-state index in [0.29, 0.717) is 6.42 Å². The number of nitrogens with two attached hydrogens (primary N) is 1. The summed E-state index contributed by atoms with van der Waals surface area (Å²) in [6, 6.07) is 7.77. The van der Waals surface area contributed by atoms with Crippen LogP contribution in [0.4, 0.5) is 0 Å². The number of carboxylic acid groups (broad SMARTS) is 1. The highest BCUT2D eigenvalue weighted by atomic mass is 16.4. The van der Waals surface area contributed by atoms with Crippen LogP contribution in [-0.4, -0.2) is 11.1 Å². The molecule has 0 aromatic heterocycles. The van der Waals surface area contributed by atoms with Gasteiger partial charge in [0.25, 0.3) is 0 Å². The fourth-order valence-corrected chi connectivity index (χ4v) is 2.09. The number of rotatable bonds is 3. The number of benzene rings is 1. The summed E-state index contributed by atoms with van der Waals surface area (Å²) in [7, 11) is 0. The number of hydrogen-bond donors (Lipinski definition) is 2. The third-order valence-electron chi connectivity index (χ3n) is 3.17. The van der Waals surface area contributed by atoms with Crippen molar-refractivity contribution in [2.24, 2.45) is 17.6 Å². The van der Waals surface area contributed by atoms with Gasteiger partial charge in [-0.2, -0.15) is 0 Å². The van der Waals surface area contributed by atoms with Crippen LogP contribution in [0.2, 0.25) is 0 Å². The van der Waals surface area contributed by atoms with Crippen LogP contribution >= 0.6 is 0 Å². The summed E-state index contributed by atoms with van der Waals surface area (Å²) < 4.78 is 0. The minimum absolute atomic E-state index is 0.114. The van der Waals surface area contributed by atoms with E-state index < -0.39 is 5.97 Å². The van der Waals surface area contributed by atoms with Crippen LogP contribution in [0, 0.1) is 18.8 Å². The average Bonchev–Trinajstić information content (AvgIpc) is 2.97. The largest absolute Gasteiger partial charge is 0.481 e. The van der Waals surface area contributed by atoms with E-state index in [1.165, 1.54) is 0 Å². The van der Waals surface area contributed by atoms with Gasteiger partial charge in [0.2, 0.25) is 0 Å². The summed E-state index contributed by atoms with van der Waals surface area (Å²) in [5.41, 5.74) is 8.28. The van der Waals surface area contributed by atoms with Crippen molar-refractivity contribution in [3.05, 3.63) is 35.4 Å². The Bertz CT molecular complexity index is 389. The molecule has 1 aliphatic rings. The van der Waals surface area contributed by atoms with Crippen LogP contribution in [0.15, 0.2) is 24.3 Å². The Labute approximate surface area is 88.9 Å². The predicted molar refractivity (Wildman–Crippen MR) is 57.3 cm³/mol. The second-order valence-electron chi connectivity index (χ2n) is 4.23. The molecule has 3 nitrogen and oxygen atoms in total. The second kappa shape index (κ2) is 3.66. The molecule has 1 saturated carbocycles. The maximum absolute atomic E-state index is 10.7. The van der Waals surface area contributed by atoms with E-state index in [-0.39, 0.29) is 17.9 Å². The molecule has 0 aliphatic heterocycles. The van der Waals surface area contributed by atoms with Gasteiger partial charge in [-0.25, -0.2) is 0 Å². The zero-order valence-electron chi connectivity index (χ0n) is 8.68. The van der Waals surface area contributed by atoms with Crippen molar-refractivity contribution in [2.45, 2.75) is 19.4 Å². The molecule has 80 valence electrons. The highest BCUT2D eigenvalue weighted by molar-refractivity contribution is 5.73. The number of hydrogen-bond acceptors (Lipinski definition) is 2. The molecule has 0 amide bonds. The Morgan fingerprint density at radius 3 is 2.73 bits per heavy atom. The van der Waals surface area contributed by atoms with Crippen LogP contribution in [0.3, 0.4) is 0 Å². The quantitative estimate of drug-likeness (QED) is 0.789. The van der Waals surface area contributed by atoms with Gasteiger partial charge in [-0.05, 0) is 30.4 Å². The monoisotopic (exact) mass is 205 g/mol. The van der Waals surface area contributed by atoms with Crippen molar-refractivity contribution >= 4 is 5.97 Å². The molecule has 3 unspecified atom stereocenters. The van der Waals surface area contributed by atoms with E-state index in [1.807, 2.05) is 31.2 Å². The van der Waals surface area contributed by atoms with E-state index in [4.69, 9.17) is 10.8 Å². The van der Waals surface area contributed by atoms with Crippen LogP contribution in [-0.2, 0) is 4.79 Å². The third-order valence-corrected chi connectivity index (χ3v) is 3.17. The molecule has 0 spiro atoms. The molecule has 1 aromatic carbocycles. The Morgan fingerprint density at radius 2 is 2.20 bits per heavy atom. The van der Waals surface area contributed by atoms with Crippen LogP contribution in [0.25, 0.3) is 0 Å². The maximum Gasteiger partial charge on any atom is 0.306 e. The van der Waals surface area contributed by atoms with Crippen LogP contribution < -0.4 is 5.73 Å². The van der Waals surface area contributed by atoms with Gasteiger partial charge in [0.15, 0.2) is 0 Å². The lowest BCUT2D eigenvalue weighted by Gasteiger charge is -2.13. The molecule has 1 fully saturated rings. The summed E-state index contributed by atoms with van der Waals surface area (Å²) in [5.74, 6) is -0.841. The van der Waals surface area contributed by atoms with E-state index in [2.05, 4.69) is 0 Å². The van der Waals surface area contributed by atoms with Gasteiger partial charge in [-0.1, -0.05) is 24.3 Å². The van der Waals surface area contributed by atoms with Crippen molar-refractivity contribution in [3.8, 4) is 0 Å². The fraction of sp³-hybridized carbons (Fsp3) is 0.417. The molecular weight excluding hydrogens is 190 g/mol. The second-order valence-corrected chi connectivity index (χ2v) is 4.23. The lowest BCUT2D eigenvalue weighted by molar-refractivity contribution is -0.138. The standard InChI is InChI=1S/C12H15NO2/c1-7-4-2-3-5-8(7)11(13)9-6-10(9)12(14)15/h2-5,9-11H,6,13H2,1H3,(H,14,15). The van der Waals surface area contributed by atoms with Crippen LogP contribution in [0.5, 0.6) is 0 Å². The van der Waals surface area contributed by atoms with Crippen molar-refractivity contribution in [3.63, 3.8) is 0 Å². The minimum Gasteiger partial charge on any atom is -0.481 e. The molecule has 15 heavy (non-hydrogen) atoms. The van der Waals surface area contributed by atoms with Gasteiger partial charge >= 0.3 is 5.97 Å². The first kappa shape index (κ1) is 10.2. The molecule has 0 heterocycles. The number of aryl methyl sites for hydroxylation is 1. The maximum atomic E-state index is 10.7. The lowest BCUT2D eigenvalue weighted by Crippen LogP contribution is -2.16.